The normalized spacial score (nSPS) is 23.2. The van der Waals surface area contributed by atoms with Gasteiger partial charge in [-0.15, -0.1) is 0 Å². The van der Waals surface area contributed by atoms with E-state index in [0.717, 1.165) is 31.7 Å². The first kappa shape index (κ1) is 14.8. The van der Waals surface area contributed by atoms with Crippen molar-refractivity contribution in [2.45, 2.75) is 38.3 Å². The fraction of sp³-hybridized carbons (Fsp3) is 0.562. The van der Waals surface area contributed by atoms with Crippen molar-refractivity contribution < 1.29 is 9.47 Å². The maximum atomic E-state index is 8.47. The third-order valence-corrected chi connectivity index (χ3v) is 3.77. The van der Waals surface area contributed by atoms with Gasteiger partial charge in [0.25, 0.3) is 0 Å². The minimum Gasteiger partial charge on any atom is -0.479 e. The van der Waals surface area contributed by atoms with Gasteiger partial charge in [0.15, 0.2) is 6.61 Å². The van der Waals surface area contributed by atoms with Crippen LogP contribution in [0.15, 0.2) is 24.3 Å². The van der Waals surface area contributed by atoms with Crippen LogP contribution in [0.4, 0.5) is 0 Å². The molecule has 20 heavy (non-hydrogen) atoms. The molecule has 1 heterocycles. The van der Waals surface area contributed by atoms with Gasteiger partial charge in [0, 0.05) is 19.2 Å². The van der Waals surface area contributed by atoms with Gasteiger partial charge >= 0.3 is 0 Å². The Morgan fingerprint density at radius 2 is 2.20 bits per heavy atom. The average Bonchev–Trinajstić information content (AvgIpc) is 2.90. The van der Waals surface area contributed by atoms with Crippen LogP contribution < -0.4 is 10.1 Å². The summed E-state index contributed by atoms with van der Waals surface area (Å²) in [6, 6.07) is 10.1. The lowest BCUT2D eigenvalue weighted by atomic mass is 10.0. The van der Waals surface area contributed by atoms with Crippen molar-refractivity contribution in [2.24, 2.45) is 0 Å². The van der Waals surface area contributed by atoms with Gasteiger partial charge in [0.2, 0.25) is 0 Å². The molecule has 0 aliphatic carbocycles. The van der Waals surface area contributed by atoms with E-state index in [0.29, 0.717) is 0 Å². The molecule has 0 spiro atoms. The van der Waals surface area contributed by atoms with E-state index in [-0.39, 0.29) is 18.2 Å². The van der Waals surface area contributed by atoms with Gasteiger partial charge in [-0.2, -0.15) is 5.26 Å². The molecular formula is C16H22N2O2. The van der Waals surface area contributed by atoms with Gasteiger partial charge in [-0.25, -0.2) is 0 Å². The Balaban J connectivity index is 1.85. The highest BCUT2D eigenvalue weighted by Gasteiger charge is 2.29. The van der Waals surface area contributed by atoms with E-state index in [2.05, 4.69) is 19.2 Å². The lowest BCUT2D eigenvalue weighted by molar-refractivity contribution is 0.0191. The van der Waals surface area contributed by atoms with Crippen LogP contribution in [-0.2, 0) is 4.74 Å². The van der Waals surface area contributed by atoms with E-state index in [4.69, 9.17) is 14.7 Å². The zero-order valence-electron chi connectivity index (χ0n) is 12.2. The Hall–Kier alpha value is -1.57. The van der Waals surface area contributed by atoms with Gasteiger partial charge in [0.05, 0.1) is 5.60 Å². The zero-order chi connectivity index (χ0) is 14.4. The van der Waals surface area contributed by atoms with E-state index in [1.165, 1.54) is 5.56 Å². The monoisotopic (exact) mass is 274 g/mol. The quantitative estimate of drug-likeness (QED) is 0.866. The Kier molecular flexibility index (Phi) is 4.99. The maximum Gasteiger partial charge on any atom is 0.174 e. The van der Waals surface area contributed by atoms with Gasteiger partial charge in [-0.1, -0.05) is 12.1 Å². The number of nitrogens with zero attached hydrogens (tertiary/aromatic N) is 1. The molecule has 0 radical (unpaired) electrons. The molecule has 2 atom stereocenters. The van der Waals surface area contributed by atoms with Crippen LogP contribution in [0.2, 0.25) is 0 Å². The highest BCUT2D eigenvalue weighted by Crippen LogP contribution is 2.25. The van der Waals surface area contributed by atoms with E-state index in [1.54, 1.807) is 0 Å². The number of hydrogen-bond acceptors (Lipinski definition) is 4. The van der Waals surface area contributed by atoms with E-state index in [9.17, 15) is 0 Å². The Morgan fingerprint density at radius 3 is 2.80 bits per heavy atom. The number of rotatable bonds is 6. The van der Waals surface area contributed by atoms with Crippen molar-refractivity contribution in [2.75, 3.05) is 19.8 Å². The molecule has 0 bridgehead atoms. The summed E-state index contributed by atoms with van der Waals surface area (Å²) >= 11 is 0. The highest BCUT2D eigenvalue weighted by molar-refractivity contribution is 5.29. The molecule has 1 aliphatic heterocycles. The number of benzene rings is 1. The maximum absolute atomic E-state index is 8.47. The molecule has 1 N–H and O–H groups in total. The lowest BCUT2D eigenvalue weighted by Gasteiger charge is -2.26. The molecule has 2 unspecified atom stereocenters. The summed E-state index contributed by atoms with van der Waals surface area (Å²) in [4.78, 5) is 0. The smallest absolute Gasteiger partial charge is 0.174 e. The second kappa shape index (κ2) is 6.74. The molecule has 1 aromatic rings. The highest BCUT2D eigenvalue weighted by atomic mass is 16.5. The van der Waals surface area contributed by atoms with E-state index >= 15 is 0 Å². The molecule has 4 heteroatoms. The average molecular weight is 274 g/mol. The molecule has 1 saturated heterocycles. The number of nitriles is 1. The largest absolute Gasteiger partial charge is 0.479 e. The fourth-order valence-electron chi connectivity index (χ4n) is 2.43. The van der Waals surface area contributed by atoms with E-state index < -0.39 is 0 Å². The minimum absolute atomic E-state index is 0.0237. The molecule has 0 saturated carbocycles. The SMILES string of the molecule is CC(NCC1(C)CCCO1)c1ccc(OCC#N)cc1. The Labute approximate surface area is 120 Å². The van der Waals surface area contributed by atoms with E-state index in [1.807, 2.05) is 30.3 Å². The Morgan fingerprint density at radius 1 is 1.45 bits per heavy atom. The molecule has 4 nitrogen and oxygen atoms in total. The standard InChI is InChI=1S/C16H22N2O2/c1-13(18-12-16(2)8-3-10-20-16)14-4-6-15(7-5-14)19-11-9-17/h4-7,13,18H,3,8,10-12H2,1-2H3. The second-order valence-corrected chi connectivity index (χ2v) is 5.52. The van der Waals surface area contributed by atoms with Crippen molar-refractivity contribution in [3.63, 3.8) is 0 Å². The zero-order valence-corrected chi connectivity index (χ0v) is 12.2. The molecular weight excluding hydrogens is 252 g/mol. The Bertz CT molecular complexity index is 458. The van der Waals surface area contributed by atoms with Crippen LogP contribution in [-0.4, -0.2) is 25.4 Å². The fourth-order valence-corrected chi connectivity index (χ4v) is 2.43. The van der Waals surface area contributed by atoms with Crippen molar-refractivity contribution >= 4 is 0 Å². The van der Waals surface area contributed by atoms with Crippen LogP contribution in [0.25, 0.3) is 0 Å². The van der Waals surface area contributed by atoms with Crippen molar-refractivity contribution in [3.05, 3.63) is 29.8 Å². The summed E-state index contributed by atoms with van der Waals surface area (Å²) < 4.78 is 11.0. The first-order chi connectivity index (χ1) is 9.63. The summed E-state index contributed by atoms with van der Waals surface area (Å²) in [5.74, 6) is 0.730. The molecule has 108 valence electrons. The topological polar surface area (TPSA) is 54.3 Å². The van der Waals surface area contributed by atoms with Gasteiger partial charge in [-0.05, 0) is 44.4 Å². The summed E-state index contributed by atoms with van der Waals surface area (Å²) in [5, 5.41) is 12.0. The lowest BCUT2D eigenvalue weighted by Crippen LogP contribution is -2.38. The number of hydrogen-bond donors (Lipinski definition) is 1. The molecule has 0 amide bonds. The van der Waals surface area contributed by atoms with Crippen molar-refractivity contribution in [1.29, 1.82) is 5.26 Å². The molecule has 1 aliphatic rings. The minimum atomic E-state index is -0.0237. The molecule has 0 aromatic heterocycles. The first-order valence-electron chi connectivity index (χ1n) is 7.10. The van der Waals surface area contributed by atoms with Gasteiger partial charge < -0.3 is 14.8 Å². The predicted octanol–water partition coefficient (Wildman–Crippen LogP) is 2.81. The summed E-state index contributed by atoms with van der Waals surface area (Å²) in [6.07, 6.45) is 2.27. The third-order valence-electron chi connectivity index (χ3n) is 3.77. The molecule has 2 rings (SSSR count). The van der Waals surface area contributed by atoms with Crippen LogP contribution in [0.5, 0.6) is 5.75 Å². The first-order valence-corrected chi connectivity index (χ1v) is 7.10. The van der Waals surface area contributed by atoms with Crippen molar-refractivity contribution in [1.82, 2.24) is 5.32 Å². The van der Waals surface area contributed by atoms with Crippen LogP contribution in [0.1, 0.15) is 38.3 Å². The molecule has 1 aromatic carbocycles. The second-order valence-electron chi connectivity index (χ2n) is 5.52. The van der Waals surface area contributed by atoms with Crippen LogP contribution in [0, 0.1) is 11.3 Å². The summed E-state index contributed by atoms with van der Waals surface area (Å²) in [7, 11) is 0. The van der Waals surface area contributed by atoms with Gasteiger partial charge in [0.1, 0.15) is 11.8 Å². The number of ether oxygens (including phenoxy) is 2. The predicted molar refractivity (Wildman–Crippen MR) is 77.6 cm³/mol. The van der Waals surface area contributed by atoms with Crippen LogP contribution in [0.3, 0.4) is 0 Å². The van der Waals surface area contributed by atoms with Crippen LogP contribution >= 0.6 is 0 Å². The van der Waals surface area contributed by atoms with Gasteiger partial charge in [-0.3, -0.25) is 0 Å². The summed E-state index contributed by atoms with van der Waals surface area (Å²) in [5.41, 5.74) is 1.18. The third kappa shape index (κ3) is 3.96. The number of nitrogens with one attached hydrogen (secondary N) is 1. The molecule has 1 fully saturated rings. The summed E-state index contributed by atoms with van der Waals surface area (Å²) in [6.45, 7) is 6.13. The van der Waals surface area contributed by atoms with Crippen molar-refractivity contribution in [3.8, 4) is 11.8 Å².